The van der Waals surface area contributed by atoms with Gasteiger partial charge in [0.1, 0.15) is 12.2 Å². The number of carbonyl (C=O) groups excluding carboxylic acids is 1. The van der Waals surface area contributed by atoms with Crippen LogP contribution in [0.1, 0.15) is 10.4 Å². The average molecular weight is 297 g/mol. The molecule has 4 nitrogen and oxygen atoms in total. The van der Waals surface area contributed by atoms with Crippen LogP contribution in [0.5, 0.6) is 0 Å². The van der Waals surface area contributed by atoms with Gasteiger partial charge < -0.3 is 15.2 Å². The molecule has 0 spiro atoms. The molecule has 2 heterocycles. The highest BCUT2D eigenvalue weighted by molar-refractivity contribution is 7.10. The highest BCUT2D eigenvalue weighted by Crippen LogP contribution is 2.33. The van der Waals surface area contributed by atoms with E-state index in [1.54, 1.807) is 0 Å². The number of ether oxygens (including phenoxy) is 1. The number of nitrogens with one attached hydrogen (secondary N) is 1. The van der Waals surface area contributed by atoms with Crippen LogP contribution in [0.3, 0.4) is 0 Å². The molecule has 19 heavy (non-hydrogen) atoms. The number of thiophene rings is 2. The molecule has 6 heteroatoms. The lowest BCUT2D eigenvalue weighted by Crippen LogP contribution is -2.42. The van der Waals surface area contributed by atoms with Gasteiger partial charge in [-0.05, 0) is 28.3 Å². The third kappa shape index (κ3) is 3.22. The number of rotatable bonds is 6. The van der Waals surface area contributed by atoms with Crippen molar-refractivity contribution in [1.29, 1.82) is 0 Å². The highest BCUT2D eigenvalue weighted by Gasteiger charge is 2.33. The van der Waals surface area contributed by atoms with E-state index < -0.39 is 5.60 Å². The summed E-state index contributed by atoms with van der Waals surface area (Å²) in [7, 11) is 1.46. The first-order valence-electron chi connectivity index (χ1n) is 5.71. The monoisotopic (exact) mass is 297 g/mol. The van der Waals surface area contributed by atoms with Gasteiger partial charge in [0.2, 0.25) is 5.91 Å². The van der Waals surface area contributed by atoms with Gasteiger partial charge in [0, 0.05) is 17.6 Å². The van der Waals surface area contributed by atoms with Gasteiger partial charge >= 0.3 is 0 Å². The van der Waals surface area contributed by atoms with Gasteiger partial charge in [0.15, 0.2) is 0 Å². The zero-order valence-corrected chi connectivity index (χ0v) is 12.1. The molecular weight excluding hydrogens is 282 g/mol. The minimum Gasteiger partial charge on any atom is -0.378 e. The molecule has 1 atom stereocenters. The molecule has 0 radical (unpaired) electrons. The Bertz CT molecular complexity index is 474. The first-order chi connectivity index (χ1) is 9.16. The summed E-state index contributed by atoms with van der Waals surface area (Å²) in [6.07, 6.45) is 0. The lowest BCUT2D eigenvalue weighted by molar-refractivity contribution is -0.125. The number of methoxy groups -OCH3 is 1. The second-order valence-electron chi connectivity index (χ2n) is 4.06. The van der Waals surface area contributed by atoms with Crippen molar-refractivity contribution >= 4 is 28.6 Å². The van der Waals surface area contributed by atoms with Crippen LogP contribution in [0, 0.1) is 0 Å². The Labute approximate surface area is 119 Å². The Morgan fingerprint density at radius 1 is 1.47 bits per heavy atom. The summed E-state index contributed by atoms with van der Waals surface area (Å²) < 4.78 is 4.76. The normalized spacial score (nSPS) is 14.0. The van der Waals surface area contributed by atoms with Crippen molar-refractivity contribution in [2.45, 2.75) is 5.60 Å². The SMILES string of the molecule is COCC(=O)NC[C@@](O)(c1ccsc1)c1cccs1. The summed E-state index contributed by atoms with van der Waals surface area (Å²) in [6, 6.07) is 5.62. The molecular formula is C13H15NO3S2. The van der Waals surface area contributed by atoms with Crippen LogP contribution >= 0.6 is 22.7 Å². The second kappa shape index (κ2) is 6.29. The maximum atomic E-state index is 11.5. The predicted molar refractivity (Wildman–Crippen MR) is 76.5 cm³/mol. The standard InChI is InChI=1S/C13H15NO3S2/c1-17-7-12(15)14-9-13(16,10-4-6-18-8-10)11-3-2-5-19-11/h2-6,8,16H,7,9H2,1H3,(H,14,15)/t13-/m1/s1. The molecule has 2 aromatic rings. The van der Waals surface area contributed by atoms with Crippen molar-refractivity contribution in [3.63, 3.8) is 0 Å². The maximum absolute atomic E-state index is 11.5. The first kappa shape index (κ1) is 14.2. The molecule has 0 saturated heterocycles. The van der Waals surface area contributed by atoms with Crippen molar-refractivity contribution < 1.29 is 14.6 Å². The van der Waals surface area contributed by atoms with E-state index in [9.17, 15) is 9.90 Å². The number of carbonyl (C=O) groups is 1. The minimum atomic E-state index is -1.18. The molecule has 0 aliphatic carbocycles. The van der Waals surface area contributed by atoms with Gasteiger partial charge in [-0.2, -0.15) is 11.3 Å². The summed E-state index contributed by atoms with van der Waals surface area (Å²) in [4.78, 5) is 12.3. The van der Waals surface area contributed by atoms with Crippen LogP contribution in [0.2, 0.25) is 0 Å². The highest BCUT2D eigenvalue weighted by atomic mass is 32.1. The first-order valence-corrected chi connectivity index (χ1v) is 7.54. The number of hydrogen-bond acceptors (Lipinski definition) is 5. The fourth-order valence-electron chi connectivity index (χ4n) is 1.75. The predicted octanol–water partition coefficient (Wildman–Crippen LogP) is 1.81. The third-order valence-electron chi connectivity index (χ3n) is 2.74. The molecule has 0 unspecified atom stereocenters. The van der Waals surface area contributed by atoms with Gasteiger partial charge in [0.25, 0.3) is 0 Å². The zero-order valence-electron chi connectivity index (χ0n) is 10.5. The van der Waals surface area contributed by atoms with E-state index in [1.807, 2.05) is 34.3 Å². The van der Waals surface area contributed by atoms with Gasteiger partial charge in [-0.25, -0.2) is 0 Å². The molecule has 2 N–H and O–H groups in total. The zero-order chi connectivity index (χ0) is 13.7. The van der Waals surface area contributed by atoms with Crippen molar-refractivity contribution in [3.05, 3.63) is 44.8 Å². The largest absolute Gasteiger partial charge is 0.378 e. The van der Waals surface area contributed by atoms with E-state index in [-0.39, 0.29) is 19.1 Å². The van der Waals surface area contributed by atoms with Gasteiger partial charge in [-0.3, -0.25) is 4.79 Å². The van der Waals surface area contributed by atoms with E-state index >= 15 is 0 Å². The molecule has 102 valence electrons. The molecule has 1 amide bonds. The summed E-state index contributed by atoms with van der Waals surface area (Å²) >= 11 is 2.98. The smallest absolute Gasteiger partial charge is 0.246 e. The molecule has 0 aliphatic rings. The van der Waals surface area contributed by atoms with Crippen LogP contribution < -0.4 is 5.32 Å². The van der Waals surface area contributed by atoms with Gasteiger partial charge in [0.05, 0.1) is 6.54 Å². The summed E-state index contributed by atoms with van der Waals surface area (Å²) in [5.74, 6) is -0.243. The topological polar surface area (TPSA) is 58.6 Å². The molecule has 0 aliphatic heterocycles. The molecule has 0 aromatic carbocycles. The van der Waals surface area contributed by atoms with Crippen molar-refractivity contribution in [3.8, 4) is 0 Å². The Morgan fingerprint density at radius 2 is 2.32 bits per heavy atom. The quantitative estimate of drug-likeness (QED) is 0.855. The van der Waals surface area contributed by atoms with Crippen LogP contribution in [0.4, 0.5) is 0 Å². The van der Waals surface area contributed by atoms with E-state index in [1.165, 1.54) is 29.8 Å². The third-order valence-corrected chi connectivity index (χ3v) is 4.45. The molecule has 0 saturated carbocycles. The van der Waals surface area contributed by atoms with Crippen LogP contribution in [0.15, 0.2) is 34.3 Å². The fourth-order valence-corrected chi connectivity index (χ4v) is 3.32. The fraction of sp³-hybridized carbons (Fsp3) is 0.308. The molecule has 2 rings (SSSR count). The molecule has 2 aromatic heterocycles. The van der Waals surface area contributed by atoms with Crippen LogP contribution in [0.25, 0.3) is 0 Å². The Balaban J connectivity index is 2.19. The van der Waals surface area contributed by atoms with E-state index in [0.717, 1.165) is 10.4 Å². The Morgan fingerprint density at radius 3 is 2.89 bits per heavy atom. The molecule has 0 fully saturated rings. The maximum Gasteiger partial charge on any atom is 0.246 e. The Kier molecular flexibility index (Phi) is 4.71. The average Bonchev–Trinajstić information content (AvgIpc) is 3.08. The lowest BCUT2D eigenvalue weighted by atomic mass is 9.94. The number of hydrogen-bond donors (Lipinski definition) is 2. The van der Waals surface area contributed by atoms with E-state index in [0.29, 0.717) is 0 Å². The Hall–Kier alpha value is -1.21. The van der Waals surface area contributed by atoms with Crippen molar-refractivity contribution in [2.24, 2.45) is 0 Å². The van der Waals surface area contributed by atoms with Gasteiger partial charge in [-0.1, -0.05) is 6.07 Å². The van der Waals surface area contributed by atoms with Crippen LogP contribution in [-0.2, 0) is 15.1 Å². The van der Waals surface area contributed by atoms with Crippen molar-refractivity contribution in [1.82, 2.24) is 5.32 Å². The summed E-state index contributed by atoms with van der Waals surface area (Å²) in [6.45, 7) is 0.122. The van der Waals surface area contributed by atoms with E-state index in [2.05, 4.69) is 5.32 Å². The minimum absolute atomic E-state index is 0.00976. The lowest BCUT2D eigenvalue weighted by Gasteiger charge is -2.26. The van der Waals surface area contributed by atoms with Gasteiger partial charge in [-0.15, -0.1) is 11.3 Å². The molecule has 0 bridgehead atoms. The van der Waals surface area contributed by atoms with E-state index in [4.69, 9.17) is 4.74 Å². The summed E-state index contributed by atoms with van der Waals surface area (Å²) in [5.41, 5.74) is -0.393. The number of aliphatic hydroxyl groups is 1. The second-order valence-corrected chi connectivity index (χ2v) is 5.79. The summed E-state index contributed by atoms with van der Waals surface area (Å²) in [5, 5.41) is 19.3. The van der Waals surface area contributed by atoms with Crippen LogP contribution in [-0.4, -0.2) is 31.3 Å². The van der Waals surface area contributed by atoms with Crippen molar-refractivity contribution in [2.75, 3.05) is 20.3 Å². The number of amides is 1.